The predicted molar refractivity (Wildman–Crippen MR) is 81.9 cm³/mol. The van der Waals surface area contributed by atoms with Crippen molar-refractivity contribution in [2.45, 2.75) is 32.5 Å². The van der Waals surface area contributed by atoms with Crippen molar-refractivity contribution in [2.24, 2.45) is 0 Å². The van der Waals surface area contributed by atoms with Gasteiger partial charge in [-0.05, 0) is 12.5 Å². The summed E-state index contributed by atoms with van der Waals surface area (Å²) in [5, 5.41) is 8.29. The molecule has 3 heterocycles. The zero-order valence-corrected chi connectivity index (χ0v) is 13.6. The molecule has 1 atom stereocenters. The van der Waals surface area contributed by atoms with Crippen molar-refractivity contribution in [1.29, 1.82) is 0 Å². The average molecular weight is 321 g/mol. The molecule has 0 bridgehead atoms. The molecule has 8 nitrogen and oxygen atoms in total. The first-order valence-electron chi connectivity index (χ1n) is 7.86. The van der Waals surface area contributed by atoms with Crippen LogP contribution in [0.2, 0.25) is 0 Å². The molecule has 0 radical (unpaired) electrons. The second-order valence-electron chi connectivity index (χ2n) is 5.81. The number of methoxy groups -OCH3 is 1. The highest BCUT2D eigenvalue weighted by Crippen LogP contribution is 2.11. The lowest BCUT2D eigenvalue weighted by Gasteiger charge is -2.31. The van der Waals surface area contributed by atoms with Crippen molar-refractivity contribution < 1.29 is 14.0 Å². The van der Waals surface area contributed by atoms with Crippen LogP contribution >= 0.6 is 0 Å². The Hall–Kier alpha value is -1.77. The molecule has 1 aliphatic heterocycles. The molecule has 0 unspecified atom stereocenters. The third kappa shape index (κ3) is 4.60. The van der Waals surface area contributed by atoms with Gasteiger partial charge in [0.25, 0.3) is 0 Å². The minimum atomic E-state index is 0.124. The third-order valence-corrected chi connectivity index (χ3v) is 3.77. The van der Waals surface area contributed by atoms with E-state index in [9.17, 15) is 0 Å². The first-order chi connectivity index (χ1) is 11.2. The lowest BCUT2D eigenvalue weighted by Crippen LogP contribution is -2.43. The van der Waals surface area contributed by atoms with Gasteiger partial charge < -0.3 is 14.0 Å². The van der Waals surface area contributed by atoms with E-state index in [0.29, 0.717) is 37.9 Å². The molecular weight excluding hydrogens is 298 g/mol. The molecule has 0 amide bonds. The van der Waals surface area contributed by atoms with Crippen molar-refractivity contribution in [3.8, 4) is 0 Å². The fourth-order valence-corrected chi connectivity index (χ4v) is 2.65. The van der Waals surface area contributed by atoms with Gasteiger partial charge in [0.1, 0.15) is 0 Å². The van der Waals surface area contributed by atoms with E-state index in [1.54, 1.807) is 7.11 Å². The third-order valence-electron chi connectivity index (χ3n) is 3.77. The molecule has 2 aromatic heterocycles. The van der Waals surface area contributed by atoms with Crippen LogP contribution in [0.15, 0.2) is 16.9 Å². The van der Waals surface area contributed by atoms with Gasteiger partial charge in [0, 0.05) is 32.8 Å². The molecule has 1 saturated heterocycles. The largest absolute Gasteiger partial charge is 0.384 e. The Morgan fingerprint density at radius 3 is 3.13 bits per heavy atom. The van der Waals surface area contributed by atoms with E-state index in [2.05, 4.69) is 20.1 Å². The lowest BCUT2D eigenvalue weighted by atomic mass is 10.2. The molecule has 8 heteroatoms. The van der Waals surface area contributed by atoms with Crippen LogP contribution < -0.4 is 0 Å². The van der Waals surface area contributed by atoms with Crippen LogP contribution in [0, 0.1) is 6.92 Å². The molecule has 3 rings (SSSR count). The molecule has 1 fully saturated rings. The summed E-state index contributed by atoms with van der Waals surface area (Å²) in [5.41, 5.74) is 1.16. The van der Waals surface area contributed by atoms with Gasteiger partial charge >= 0.3 is 0 Å². The van der Waals surface area contributed by atoms with E-state index in [0.717, 1.165) is 25.2 Å². The van der Waals surface area contributed by atoms with Crippen molar-refractivity contribution >= 4 is 0 Å². The van der Waals surface area contributed by atoms with E-state index in [-0.39, 0.29) is 6.10 Å². The quantitative estimate of drug-likeness (QED) is 0.741. The fourth-order valence-electron chi connectivity index (χ4n) is 2.65. The van der Waals surface area contributed by atoms with Gasteiger partial charge in [-0.3, -0.25) is 9.58 Å². The summed E-state index contributed by atoms with van der Waals surface area (Å²) in [6, 6.07) is 0. The van der Waals surface area contributed by atoms with Crippen LogP contribution in [0.5, 0.6) is 0 Å². The number of hydrogen-bond donors (Lipinski definition) is 0. The summed E-state index contributed by atoms with van der Waals surface area (Å²) in [7, 11) is 1.66. The average Bonchev–Trinajstić information content (AvgIpc) is 3.15. The smallest absolute Gasteiger partial charge is 0.240 e. The molecule has 0 spiro atoms. The Morgan fingerprint density at radius 1 is 1.43 bits per heavy atom. The van der Waals surface area contributed by atoms with Crippen molar-refractivity contribution in [1.82, 2.24) is 24.8 Å². The van der Waals surface area contributed by atoms with Gasteiger partial charge in [-0.15, -0.1) is 0 Å². The van der Waals surface area contributed by atoms with Crippen LogP contribution in [0.4, 0.5) is 0 Å². The number of rotatable bonds is 7. The predicted octanol–water partition coefficient (Wildman–Crippen LogP) is 0.664. The van der Waals surface area contributed by atoms with Crippen molar-refractivity contribution in [3.63, 3.8) is 0 Å². The number of nitrogens with zero attached hydrogens (tertiary/aromatic N) is 5. The van der Waals surface area contributed by atoms with Gasteiger partial charge in [-0.2, -0.15) is 10.1 Å². The summed E-state index contributed by atoms with van der Waals surface area (Å²) in [6.45, 7) is 6.44. The fraction of sp³-hybridized carbons (Fsp3) is 0.667. The zero-order valence-electron chi connectivity index (χ0n) is 13.6. The Labute approximate surface area is 135 Å². The van der Waals surface area contributed by atoms with Crippen LogP contribution in [0.25, 0.3) is 0 Å². The van der Waals surface area contributed by atoms with E-state index in [1.807, 2.05) is 24.0 Å². The van der Waals surface area contributed by atoms with E-state index in [4.69, 9.17) is 14.0 Å². The maximum atomic E-state index is 5.83. The highest BCUT2D eigenvalue weighted by Gasteiger charge is 2.23. The molecule has 2 aromatic rings. The highest BCUT2D eigenvalue weighted by atomic mass is 16.5. The molecule has 126 valence electrons. The second kappa shape index (κ2) is 7.67. The molecular formula is C15H23N5O3. The minimum Gasteiger partial charge on any atom is -0.384 e. The normalized spacial score (nSPS) is 19.3. The topological polar surface area (TPSA) is 78.4 Å². The number of aryl methyl sites for hydroxylation is 1. The summed E-state index contributed by atoms with van der Waals surface area (Å²) in [5.74, 6) is 1.34. The summed E-state index contributed by atoms with van der Waals surface area (Å²) in [6.07, 6.45) is 4.69. The van der Waals surface area contributed by atoms with Gasteiger partial charge in [0.15, 0.2) is 5.82 Å². The van der Waals surface area contributed by atoms with Crippen LogP contribution in [-0.4, -0.2) is 64.3 Å². The minimum absolute atomic E-state index is 0.124. The number of hydrogen-bond acceptors (Lipinski definition) is 7. The maximum absolute atomic E-state index is 5.83. The number of aromatic nitrogens is 4. The van der Waals surface area contributed by atoms with Crippen LogP contribution in [0.3, 0.4) is 0 Å². The van der Waals surface area contributed by atoms with E-state index in [1.165, 1.54) is 0 Å². The number of ether oxygens (including phenoxy) is 2. The first kappa shape index (κ1) is 16.1. The monoisotopic (exact) mass is 321 g/mol. The Kier molecular flexibility index (Phi) is 5.37. The Bertz CT molecular complexity index is 612. The van der Waals surface area contributed by atoms with Gasteiger partial charge in [0.05, 0.1) is 38.6 Å². The zero-order chi connectivity index (χ0) is 16.1. The molecule has 23 heavy (non-hydrogen) atoms. The van der Waals surface area contributed by atoms with Gasteiger partial charge in [0.2, 0.25) is 5.89 Å². The van der Waals surface area contributed by atoms with Gasteiger partial charge in [-0.25, -0.2) is 0 Å². The molecule has 0 aliphatic carbocycles. The standard InChI is InChI=1S/C15H23N5O3/c1-12-7-16-20(8-12)10-13-9-19(4-6-22-13)11-15-17-14(18-23-15)3-5-21-2/h7-8,13H,3-6,9-11H2,1-2H3/t13-/m1/s1. The lowest BCUT2D eigenvalue weighted by molar-refractivity contribution is -0.0426. The summed E-state index contributed by atoms with van der Waals surface area (Å²) < 4.78 is 18.1. The highest BCUT2D eigenvalue weighted by molar-refractivity contribution is 4.99. The molecule has 0 saturated carbocycles. The second-order valence-corrected chi connectivity index (χ2v) is 5.81. The van der Waals surface area contributed by atoms with Gasteiger partial charge in [-0.1, -0.05) is 5.16 Å². The Balaban J connectivity index is 1.51. The maximum Gasteiger partial charge on any atom is 0.240 e. The summed E-state index contributed by atoms with van der Waals surface area (Å²) >= 11 is 0. The van der Waals surface area contributed by atoms with E-state index < -0.39 is 0 Å². The molecule has 1 aliphatic rings. The van der Waals surface area contributed by atoms with Crippen LogP contribution in [0.1, 0.15) is 17.3 Å². The van der Waals surface area contributed by atoms with E-state index >= 15 is 0 Å². The first-order valence-corrected chi connectivity index (χ1v) is 7.86. The van der Waals surface area contributed by atoms with Crippen LogP contribution in [-0.2, 0) is 29.0 Å². The van der Waals surface area contributed by atoms with Crippen molar-refractivity contribution in [3.05, 3.63) is 29.7 Å². The summed E-state index contributed by atoms with van der Waals surface area (Å²) in [4.78, 5) is 6.67. The molecule has 0 aromatic carbocycles. The van der Waals surface area contributed by atoms with Crippen molar-refractivity contribution in [2.75, 3.05) is 33.4 Å². The molecule has 0 N–H and O–H groups in total. The Morgan fingerprint density at radius 2 is 2.35 bits per heavy atom. The SMILES string of the molecule is COCCc1noc(CN2CCO[C@@H](Cn3cc(C)cn3)C2)n1. The number of morpholine rings is 1.